The third-order valence-electron chi connectivity index (χ3n) is 3.26. The largest absolute Gasteiger partial charge is 1.00 e. The Bertz CT molecular complexity index is 447. The van der Waals surface area contributed by atoms with E-state index >= 15 is 0 Å². The first-order valence-electron chi connectivity index (χ1n) is 5.89. The van der Waals surface area contributed by atoms with Crippen molar-refractivity contribution in [2.75, 3.05) is 27.7 Å². The molecule has 0 bridgehead atoms. The molecule has 0 aliphatic carbocycles. The van der Waals surface area contributed by atoms with Crippen LogP contribution in [0.1, 0.15) is 12.0 Å². The quantitative estimate of drug-likeness (QED) is 0.510. The fraction of sp³-hybridized carbons (Fsp3) is 0.462. The maximum atomic E-state index is 11.3. The number of halogens is 1. The van der Waals surface area contributed by atoms with Crippen molar-refractivity contribution in [3.05, 3.63) is 23.8 Å². The molecule has 0 spiro atoms. The monoisotopic (exact) mass is 362 g/mol. The summed E-state index contributed by atoms with van der Waals surface area (Å²) in [5.41, 5.74) is 2.41. The van der Waals surface area contributed by atoms with Gasteiger partial charge >= 0.3 is 6.09 Å². The molecule has 0 saturated carbocycles. The topological polar surface area (TPSA) is 38.3 Å². The lowest BCUT2D eigenvalue weighted by Crippen LogP contribution is -3.00. The van der Waals surface area contributed by atoms with Crippen LogP contribution in [0.25, 0.3) is 0 Å². The van der Waals surface area contributed by atoms with Crippen LogP contribution in [-0.4, -0.2) is 33.8 Å². The van der Waals surface area contributed by atoms with Gasteiger partial charge in [-0.3, -0.25) is 4.48 Å². The van der Waals surface area contributed by atoms with Crippen LogP contribution in [0.3, 0.4) is 0 Å². The zero-order chi connectivity index (χ0) is 12.5. The normalized spacial score (nSPS) is 16.2. The standard InChI is InChI=1S/C13H18N2O2.HI/c1-14-13(16)17-11-8-4-6-10-7-5-9-15(2,3)12(10)11;/h4,6,8H,5,7,9H2,1-3H3;1H. The van der Waals surface area contributed by atoms with Gasteiger partial charge in [-0.05, 0) is 12.5 Å². The van der Waals surface area contributed by atoms with Crippen LogP contribution in [0.15, 0.2) is 18.2 Å². The molecule has 1 amide bonds. The van der Waals surface area contributed by atoms with Crippen molar-refractivity contribution in [2.45, 2.75) is 12.8 Å². The lowest BCUT2D eigenvalue weighted by atomic mass is 9.99. The summed E-state index contributed by atoms with van der Waals surface area (Å²) in [4.78, 5) is 11.3. The number of aryl methyl sites for hydroxylation is 1. The molecule has 1 aliphatic rings. The Balaban J connectivity index is 0.00000162. The molecular formula is C13H19IN2O2. The van der Waals surface area contributed by atoms with Crippen LogP contribution in [0, 0.1) is 0 Å². The van der Waals surface area contributed by atoms with E-state index in [0.717, 1.165) is 23.1 Å². The molecule has 1 aromatic rings. The number of para-hydroxylation sites is 1. The minimum atomic E-state index is -0.413. The number of rotatable bonds is 1. The number of nitrogens with one attached hydrogen (secondary N) is 1. The summed E-state index contributed by atoms with van der Waals surface area (Å²) in [5, 5.41) is 2.48. The first kappa shape index (κ1) is 15.2. The van der Waals surface area contributed by atoms with E-state index in [4.69, 9.17) is 4.74 Å². The van der Waals surface area contributed by atoms with Crippen molar-refractivity contribution in [3.63, 3.8) is 0 Å². The van der Waals surface area contributed by atoms with E-state index in [1.54, 1.807) is 7.05 Å². The van der Waals surface area contributed by atoms with Crippen molar-refractivity contribution in [1.29, 1.82) is 0 Å². The number of hydrogen-bond donors (Lipinski definition) is 1. The second-order valence-electron chi connectivity index (χ2n) is 4.92. The molecule has 18 heavy (non-hydrogen) atoms. The van der Waals surface area contributed by atoms with Gasteiger partial charge in [-0.2, -0.15) is 0 Å². The van der Waals surface area contributed by atoms with Crippen LogP contribution in [0.5, 0.6) is 5.75 Å². The number of amides is 1. The number of fused-ring (bicyclic) bond motifs is 1. The fourth-order valence-corrected chi connectivity index (χ4v) is 2.47. The van der Waals surface area contributed by atoms with E-state index in [1.807, 2.05) is 12.1 Å². The number of ether oxygens (including phenoxy) is 1. The van der Waals surface area contributed by atoms with Crippen LogP contribution in [0.4, 0.5) is 10.5 Å². The Morgan fingerprint density at radius 3 is 2.78 bits per heavy atom. The molecule has 0 unspecified atom stereocenters. The van der Waals surface area contributed by atoms with E-state index in [1.165, 1.54) is 12.0 Å². The van der Waals surface area contributed by atoms with Gasteiger partial charge in [-0.25, -0.2) is 4.79 Å². The number of hydrogen-bond acceptors (Lipinski definition) is 2. The summed E-state index contributed by atoms with van der Waals surface area (Å²) in [6.45, 7) is 1.07. The lowest BCUT2D eigenvalue weighted by Gasteiger charge is -2.35. The Kier molecular flexibility index (Phi) is 4.98. The number of carbonyl (C=O) groups is 1. The van der Waals surface area contributed by atoms with E-state index in [2.05, 4.69) is 25.5 Å². The van der Waals surface area contributed by atoms with Gasteiger partial charge in [0.05, 0.1) is 20.6 Å². The highest BCUT2D eigenvalue weighted by atomic mass is 127. The molecule has 0 atom stereocenters. The molecule has 1 N–H and O–H groups in total. The molecule has 100 valence electrons. The summed E-state index contributed by atoms with van der Waals surface area (Å²) in [6, 6.07) is 5.92. The van der Waals surface area contributed by atoms with Crippen LogP contribution >= 0.6 is 0 Å². The maximum absolute atomic E-state index is 11.3. The van der Waals surface area contributed by atoms with Gasteiger partial charge < -0.3 is 34.0 Å². The van der Waals surface area contributed by atoms with E-state index < -0.39 is 6.09 Å². The number of carbonyl (C=O) groups excluding carboxylic acids is 1. The number of nitrogens with zero attached hydrogens (tertiary/aromatic N) is 1. The molecule has 5 heteroatoms. The second kappa shape index (κ2) is 5.88. The Hall–Kier alpha value is -0.820. The van der Waals surface area contributed by atoms with Gasteiger partial charge in [0.1, 0.15) is 0 Å². The third kappa shape index (κ3) is 2.95. The summed E-state index contributed by atoms with van der Waals surface area (Å²) in [6.07, 6.45) is 1.81. The van der Waals surface area contributed by atoms with E-state index in [9.17, 15) is 4.79 Å². The van der Waals surface area contributed by atoms with Gasteiger partial charge in [0.15, 0.2) is 11.4 Å². The first-order valence-corrected chi connectivity index (χ1v) is 5.89. The van der Waals surface area contributed by atoms with Crippen LogP contribution < -0.4 is 38.5 Å². The Morgan fingerprint density at radius 2 is 2.11 bits per heavy atom. The molecule has 1 heterocycles. The highest BCUT2D eigenvalue weighted by molar-refractivity contribution is 5.74. The van der Waals surface area contributed by atoms with Crippen LogP contribution in [-0.2, 0) is 6.42 Å². The molecular weight excluding hydrogens is 343 g/mol. The van der Waals surface area contributed by atoms with Crippen molar-refractivity contribution >= 4 is 11.8 Å². The molecule has 1 aliphatic heterocycles. The highest BCUT2D eigenvalue weighted by Crippen LogP contribution is 2.38. The summed E-state index contributed by atoms with van der Waals surface area (Å²) in [7, 11) is 5.86. The summed E-state index contributed by atoms with van der Waals surface area (Å²) < 4.78 is 6.10. The Labute approximate surface area is 125 Å². The van der Waals surface area contributed by atoms with E-state index in [-0.39, 0.29) is 24.0 Å². The van der Waals surface area contributed by atoms with Crippen molar-refractivity contribution in [3.8, 4) is 5.75 Å². The minimum Gasteiger partial charge on any atom is -1.00 e. The first-order chi connectivity index (χ1) is 8.04. The average Bonchev–Trinajstić information content (AvgIpc) is 2.28. The molecule has 4 nitrogen and oxygen atoms in total. The third-order valence-corrected chi connectivity index (χ3v) is 3.26. The predicted molar refractivity (Wildman–Crippen MR) is 68.4 cm³/mol. The smallest absolute Gasteiger partial charge is 0.412 e. The summed E-state index contributed by atoms with van der Waals surface area (Å²) >= 11 is 0. The molecule has 0 aromatic heterocycles. The van der Waals surface area contributed by atoms with Gasteiger partial charge in [0, 0.05) is 19.0 Å². The second-order valence-corrected chi connectivity index (χ2v) is 4.92. The molecule has 1 aromatic carbocycles. The lowest BCUT2D eigenvalue weighted by molar-refractivity contribution is -0.00000876. The zero-order valence-corrected chi connectivity index (χ0v) is 13.2. The van der Waals surface area contributed by atoms with Crippen molar-refractivity contribution in [1.82, 2.24) is 9.80 Å². The zero-order valence-electron chi connectivity index (χ0n) is 11.0. The minimum absolute atomic E-state index is 0. The number of quaternary nitrogens is 1. The van der Waals surface area contributed by atoms with Gasteiger partial charge in [0.25, 0.3) is 0 Å². The van der Waals surface area contributed by atoms with Crippen molar-refractivity contribution in [2.24, 2.45) is 0 Å². The van der Waals surface area contributed by atoms with Crippen LogP contribution in [0.2, 0.25) is 0 Å². The maximum Gasteiger partial charge on any atom is 0.412 e. The predicted octanol–water partition coefficient (Wildman–Crippen LogP) is -1.08. The van der Waals surface area contributed by atoms with E-state index in [0.29, 0.717) is 5.75 Å². The van der Waals surface area contributed by atoms with Gasteiger partial charge in [-0.15, -0.1) is 0 Å². The van der Waals surface area contributed by atoms with Crippen molar-refractivity contribution < 1.29 is 33.5 Å². The molecule has 2 rings (SSSR count). The fourth-order valence-electron chi connectivity index (χ4n) is 2.47. The SMILES string of the molecule is CNC(=O)Oc1cccc2c1[N+](C)(C)CCC2.[I-]. The molecule has 0 radical (unpaired) electrons. The summed E-state index contributed by atoms with van der Waals surface area (Å²) in [5.74, 6) is 0.673. The van der Waals surface area contributed by atoms with Gasteiger partial charge in [0.2, 0.25) is 0 Å². The Morgan fingerprint density at radius 1 is 1.39 bits per heavy atom. The molecule has 0 fully saturated rings. The van der Waals surface area contributed by atoms with Gasteiger partial charge in [-0.1, -0.05) is 12.1 Å². The number of benzene rings is 1. The average molecular weight is 362 g/mol. The highest BCUT2D eigenvalue weighted by Gasteiger charge is 2.31. The molecule has 0 saturated heterocycles.